The number of hydrogen-bond donors (Lipinski definition) is 0. The summed E-state index contributed by atoms with van der Waals surface area (Å²) >= 11 is 0. The first-order valence-corrected chi connectivity index (χ1v) is 0. The second-order valence-corrected chi connectivity index (χ2v) is 0. The molecule has 0 bridgehead atoms. The van der Waals surface area contributed by atoms with Gasteiger partial charge in [0.1, 0.15) is 0 Å². The van der Waals surface area contributed by atoms with Gasteiger partial charge in [0, 0.05) is 0 Å². The Morgan fingerprint density at radius 1 is 0.500 bits per heavy atom. The Morgan fingerprint density at radius 2 is 0.500 bits per heavy atom. The van der Waals surface area contributed by atoms with Crippen LogP contribution in [0.3, 0.4) is 0 Å². The summed E-state index contributed by atoms with van der Waals surface area (Å²) in [5.41, 5.74) is 0. The van der Waals surface area contributed by atoms with Crippen LogP contribution in [-0.4, -0.2) is 0 Å². The maximum absolute atomic E-state index is 0. The molecular formula is Cd2O3Zn. The first-order chi connectivity index (χ1) is 0. The van der Waals surface area contributed by atoms with E-state index in [0.717, 1.165) is 0 Å². The molecular weight excluding hydrogens is 338 g/mol. The molecule has 0 radical (unpaired) electrons. The molecule has 0 spiro atoms. The van der Waals surface area contributed by atoms with E-state index in [4.69, 9.17) is 0 Å². The van der Waals surface area contributed by atoms with Crippen molar-refractivity contribution < 1.29 is 90.5 Å². The van der Waals surface area contributed by atoms with Gasteiger partial charge in [0.2, 0.25) is 0 Å². The van der Waals surface area contributed by atoms with Gasteiger partial charge in [-0.05, 0) is 0 Å². The van der Waals surface area contributed by atoms with Crippen molar-refractivity contribution >= 4 is 0 Å². The van der Waals surface area contributed by atoms with Gasteiger partial charge < -0.3 is 16.4 Å². The maximum atomic E-state index is 0. The Labute approximate surface area is 89.3 Å². The Morgan fingerprint density at radius 3 is 0.500 bits per heavy atom. The Hall–Kier alpha value is 2.35. The van der Waals surface area contributed by atoms with Gasteiger partial charge in [-0.15, -0.1) is 0 Å². The van der Waals surface area contributed by atoms with Crippen LogP contribution in [0.1, 0.15) is 0 Å². The van der Waals surface area contributed by atoms with Gasteiger partial charge in [0.25, 0.3) is 0 Å². The van der Waals surface area contributed by atoms with Gasteiger partial charge in [-0.3, -0.25) is 0 Å². The zero-order valence-corrected chi connectivity index (χ0v) is 14.4. The first kappa shape index (κ1) is 81.8. The van der Waals surface area contributed by atoms with Crippen molar-refractivity contribution in [2.45, 2.75) is 0 Å². The van der Waals surface area contributed by atoms with Crippen LogP contribution in [0.4, 0.5) is 0 Å². The summed E-state index contributed by atoms with van der Waals surface area (Å²) < 4.78 is 0. The molecule has 0 heterocycles. The van der Waals surface area contributed by atoms with E-state index >= 15 is 0 Å². The zero-order valence-electron chi connectivity index (χ0n) is 3.35. The average molecular weight is 338 g/mol. The molecule has 0 aromatic carbocycles. The second kappa shape index (κ2) is 53.7. The van der Waals surface area contributed by atoms with Gasteiger partial charge in [-0.25, -0.2) is 0 Å². The molecule has 0 saturated heterocycles. The Bertz CT molecular complexity index is 8.75. The zero-order chi connectivity index (χ0) is 0. The first-order valence-electron chi connectivity index (χ1n) is 0. The Kier molecular flexibility index (Phi) is 732. The van der Waals surface area contributed by atoms with Crippen LogP contribution >= 0.6 is 0 Å². The molecule has 0 fully saturated rings. The van der Waals surface area contributed by atoms with Gasteiger partial charge in [0.05, 0.1) is 0 Å². The smallest absolute Gasteiger partial charge is 2.00 e. The molecule has 0 N–H and O–H groups in total. The molecule has 0 saturated carbocycles. The van der Waals surface area contributed by atoms with Gasteiger partial charge in [-0.2, -0.15) is 0 Å². The van der Waals surface area contributed by atoms with Crippen molar-refractivity contribution in [3.05, 3.63) is 0 Å². The molecule has 0 amide bonds. The van der Waals surface area contributed by atoms with E-state index in [0.29, 0.717) is 0 Å². The SMILES string of the molecule is [Cd+2].[Cd+2].[O-2].[O-2].[O-2].[Zn+2]. The van der Waals surface area contributed by atoms with Crippen molar-refractivity contribution in [3.8, 4) is 0 Å². The van der Waals surface area contributed by atoms with Gasteiger partial charge in [0.15, 0.2) is 0 Å². The number of rotatable bonds is 0. The molecule has 6 heavy (non-hydrogen) atoms. The summed E-state index contributed by atoms with van der Waals surface area (Å²) in [7, 11) is 0. The molecule has 0 aliphatic rings. The monoisotopic (exact) mass is 340 g/mol. The quantitative estimate of drug-likeness (QED) is 0.540. The average Bonchev–Trinajstić information content (AvgIpc) is 0. The van der Waals surface area contributed by atoms with E-state index in [1.54, 1.807) is 0 Å². The third kappa shape index (κ3) is 32.9. The summed E-state index contributed by atoms with van der Waals surface area (Å²) in [6.07, 6.45) is 0. The summed E-state index contributed by atoms with van der Waals surface area (Å²) in [6.45, 7) is 0. The summed E-state index contributed by atoms with van der Waals surface area (Å²) in [6, 6.07) is 0. The molecule has 0 aliphatic carbocycles. The molecule has 0 atom stereocenters. The van der Waals surface area contributed by atoms with Crippen LogP contribution in [0.5, 0.6) is 0 Å². The van der Waals surface area contributed by atoms with Crippen molar-refractivity contribution in [2.75, 3.05) is 0 Å². The van der Waals surface area contributed by atoms with Crippen LogP contribution in [0, 0.1) is 0 Å². The van der Waals surface area contributed by atoms with Crippen molar-refractivity contribution in [1.82, 2.24) is 0 Å². The van der Waals surface area contributed by atoms with Crippen LogP contribution in [0.15, 0.2) is 0 Å². The van der Waals surface area contributed by atoms with Crippen LogP contribution < -0.4 is 0 Å². The topological polar surface area (TPSA) is 85.5 Å². The van der Waals surface area contributed by atoms with Crippen LogP contribution in [-0.2, 0) is 90.5 Å². The van der Waals surface area contributed by atoms with E-state index in [9.17, 15) is 0 Å². The Balaban J connectivity index is 0. The normalized spacial score (nSPS) is 0. The fourth-order valence-electron chi connectivity index (χ4n) is 0. The van der Waals surface area contributed by atoms with Gasteiger partial charge in [-0.1, -0.05) is 0 Å². The van der Waals surface area contributed by atoms with E-state index < -0.39 is 0 Å². The third-order valence-electron chi connectivity index (χ3n) is 0. The summed E-state index contributed by atoms with van der Waals surface area (Å²) in [5.74, 6) is 0. The minimum atomic E-state index is 0. The van der Waals surface area contributed by atoms with E-state index in [-0.39, 0.29) is 90.5 Å². The predicted octanol–water partition coefficient (Wildman–Crippen LogP) is -0.364. The van der Waals surface area contributed by atoms with Crippen molar-refractivity contribution in [2.24, 2.45) is 0 Å². The maximum Gasteiger partial charge on any atom is 2.00 e. The molecule has 3 nitrogen and oxygen atoms in total. The molecule has 0 aromatic rings. The fourth-order valence-corrected chi connectivity index (χ4v) is 0. The molecule has 0 rings (SSSR count). The minimum absolute atomic E-state index is 0. The molecule has 0 unspecified atom stereocenters. The van der Waals surface area contributed by atoms with Gasteiger partial charge >= 0.3 is 74.1 Å². The minimum Gasteiger partial charge on any atom is -2.00 e. The summed E-state index contributed by atoms with van der Waals surface area (Å²) in [5, 5.41) is 0. The van der Waals surface area contributed by atoms with E-state index in [1.165, 1.54) is 0 Å². The summed E-state index contributed by atoms with van der Waals surface area (Å²) in [4.78, 5) is 0. The molecule has 0 aromatic heterocycles. The van der Waals surface area contributed by atoms with Crippen molar-refractivity contribution in [1.29, 1.82) is 0 Å². The van der Waals surface area contributed by atoms with Crippen molar-refractivity contribution in [3.63, 3.8) is 0 Å². The predicted molar refractivity (Wildman–Crippen MR) is 2.06 cm³/mol. The molecule has 0 aliphatic heterocycles. The largest absolute Gasteiger partial charge is 2.00 e. The standard InChI is InChI=1S/2Cd.3O.Zn/q2*+2;3*-2;+2. The van der Waals surface area contributed by atoms with Crippen LogP contribution in [0.2, 0.25) is 0 Å². The fraction of sp³-hybridized carbons (Fsp3) is 0. The molecule has 6 heteroatoms. The number of hydrogen-bond acceptors (Lipinski definition) is 0. The van der Waals surface area contributed by atoms with Crippen LogP contribution in [0.25, 0.3) is 0 Å². The molecule has 24 valence electrons. The van der Waals surface area contributed by atoms with E-state index in [1.807, 2.05) is 0 Å². The van der Waals surface area contributed by atoms with E-state index in [2.05, 4.69) is 0 Å². The third-order valence-corrected chi connectivity index (χ3v) is 0. The second-order valence-electron chi connectivity index (χ2n) is 0.